The van der Waals surface area contributed by atoms with Crippen molar-refractivity contribution in [2.75, 3.05) is 19.0 Å². The van der Waals surface area contributed by atoms with E-state index in [-0.39, 0.29) is 11.9 Å². The number of rotatable bonds is 4. The molecule has 0 saturated heterocycles. The molecule has 2 aromatic carbocycles. The van der Waals surface area contributed by atoms with E-state index < -0.39 is 0 Å². The van der Waals surface area contributed by atoms with E-state index in [1.54, 1.807) is 6.07 Å². The third kappa shape index (κ3) is 2.83. The number of nitrogens with zero attached hydrogens (tertiary/aromatic N) is 1. The van der Waals surface area contributed by atoms with Crippen LogP contribution in [-0.2, 0) is 0 Å². The summed E-state index contributed by atoms with van der Waals surface area (Å²) in [6.45, 7) is 4.02. The first-order valence-electron chi connectivity index (χ1n) is 6.80. The number of halogens is 1. The fourth-order valence-corrected chi connectivity index (χ4v) is 2.37. The Labute approximate surface area is 120 Å². The Morgan fingerprint density at radius 3 is 2.50 bits per heavy atom. The SMILES string of the molecule is CNC(C)c1c(F)cccc1N(C)c1cccc(C)c1. The van der Waals surface area contributed by atoms with Crippen molar-refractivity contribution in [1.82, 2.24) is 5.32 Å². The fourth-order valence-electron chi connectivity index (χ4n) is 2.37. The van der Waals surface area contributed by atoms with Crippen LogP contribution in [0.2, 0.25) is 0 Å². The van der Waals surface area contributed by atoms with E-state index >= 15 is 0 Å². The standard InChI is InChI=1S/C17H21FN2/c1-12-7-5-8-14(11-12)20(4)16-10-6-9-15(18)17(16)13(2)19-3/h5-11,13,19H,1-4H3. The van der Waals surface area contributed by atoms with E-state index in [1.807, 2.05) is 44.1 Å². The van der Waals surface area contributed by atoms with Gasteiger partial charge in [-0.1, -0.05) is 18.2 Å². The lowest BCUT2D eigenvalue weighted by Gasteiger charge is -2.25. The van der Waals surface area contributed by atoms with Crippen molar-refractivity contribution in [1.29, 1.82) is 0 Å². The molecule has 2 aromatic rings. The molecule has 0 fully saturated rings. The van der Waals surface area contributed by atoms with E-state index in [1.165, 1.54) is 11.6 Å². The normalized spacial score (nSPS) is 12.2. The van der Waals surface area contributed by atoms with Crippen molar-refractivity contribution in [3.63, 3.8) is 0 Å². The van der Waals surface area contributed by atoms with Crippen molar-refractivity contribution >= 4 is 11.4 Å². The molecule has 0 saturated carbocycles. The Hall–Kier alpha value is -1.87. The van der Waals surface area contributed by atoms with E-state index in [0.29, 0.717) is 5.56 Å². The molecule has 0 spiro atoms. The molecule has 106 valence electrons. The Bertz CT molecular complexity index is 595. The van der Waals surface area contributed by atoms with Gasteiger partial charge in [0.2, 0.25) is 0 Å². The van der Waals surface area contributed by atoms with Gasteiger partial charge in [0, 0.05) is 30.0 Å². The summed E-state index contributed by atoms with van der Waals surface area (Å²) >= 11 is 0. The van der Waals surface area contributed by atoms with Gasteiger partial charge in [0.1, 0.15) is 5.82 Å². The molecule has 0 bridgehead atoms. The van der Waals surface area contributed by atoms with Crippen LogP contribution in [0.5, 0.6) is 0 Å². The quantitative estimate of drug-likeness (QED) is 0.898. The zero-order valence-electron chi connectivity index (χ0n) is 12.4. The van der Waals surface area contributed by atoms with E-state index in [9.17, 15) is 4.39 Å². The number of nitrogens with one attached hydrogen (secondary N) is 1. The molecule has 0 aliphatic heterocycles. The summed E-state index contributed by atoms with van der Waals surface area (Å²) in [5.41, 5.74) is 3.82. The third-order valence-corrected chi connectivity index (χ3v) is 3.65. The summed E-state index contributed by atoms with van der Waals surface area (Å²) in [6, 6.07) is 13.4. The predicted octanol–water partition coefficient (Wildman–Crippen LogP) is 4.18. The summed E-state index contributed by atoms with van der Waals surface area (Å²) < 4.78 is 14.2. The van der Waals surface area contributed by atoms with Crippen molar-refractivity contribution in [2.24, 2.45) is 0 Å². The zero-order valence-corrected chi connectivity index (χ0v) is 12.4. The molecule has 1 atom stereocenters. The molecule has 2 nitrogen and oxygen atoms in total. The molecule has 0 heterocycles. The molecule has 0 aromatic heterocycles. The highest BCUT2D eigenvalue weighted by molar-refractivity contribution is 5.67. The van der Waals surface area contributed by atoms with Crippen molar-refractivity contribution in [2.45, 2.75) is 19.9 Å². The Morgan fingerprint density at radius 2 is 1.85 bits per heavy atom. The molecular formula is C17H21FN2. The Balaban J connectivity index is 2.49. The molecule has 2 rings (SSSR count). The molecule has 0 aliphatic rings. The van der Waals surface area contributed by atoms with Gasteiger partial charge in [0.25, 0.3) is 0 Å². The lowest BCUT2D eigenvalue weighted by atomic mass is 10.0. The van der Waals surface area contributed by atoms with Crippen molar-refractivity contribution < 1.29 is 4.39 Å². The second kappa shape index (κ2) is 6.06. The number of hydrogen-bond donors (Lipinski definition) is 1. The van der Waals surface area contributed by atoms with Gasteiger partial charge in [-0.3, -0.25) is 0 Å². The van der Waals surface area contributed by atoms with Crippen LogP contribution in [-0.4, -0.2) is 14.1 Å². The lowest BCUT2D eigenvalue weighted by molar-refractivity contribution is 0.562. The average Bonchev–Trinajstić information content (AvgIpc) is 2.45. The van der Waals surface area contributed by atoms with Gasteiger partial charge in [0.15, 0.2) is 0 Å². The van der Waals surface area contributed by atoms with Crippen LogP contribution in [0.15, 0.2) is 42.5 Å². The lowest BCUT2D eigenvalue weighted by Crippen LogP contribution is -2.19. The largest absolute Gasteiger partial charge is 0.344 e. The summed E-state index contributed by atoms with van der Waals surface area (Å²) in [7, 11) is 3.81. The second-order valence-corrected chi connectivity index (χ2v) is 5.08. The van der Waals surface area contributed by atoms with Gasteiger partial charge < -0.3 is 10.2 Å². The summed E-state index contributed by atoms with van der Waals surface area (Å²) in [5.74, 6) is -0.177. The number of benzene rings is 2. The maximum Gasteiger partial charge on any atom is 0.130 e. The van der Waals surface area contributed by atoms with Crippen LogP contribution >= 0.6 is 0 Å². The molecule has 20 heavy (non-hydrogen) atoms. The van der Waals surface area contributed by atoms with Crippen LogP contribution in [0.1, 0.15) is 24.1 Å². The first-order valence-corrected chi connectivity index (χ1v) is 6.80. The topological polar surface area (TPSA) is 15.3 Å². The minimum Gasteiger partial charge on any atom is -0.344 e. The average molecular weight is 272 g/mol. The molecule has 1 unspecified atom stereocenters. The number of anilines is 2. The monoisotopic (exact) mass is 272 g/mol. The van der Waals surface area contributed by atoms with Crippen molar-refractivity contribution in [3.05, 3.63) is 59.4 Å². The molecule has 0 radical (unpaired) electrons. The predicted molar refractivity (Wildman–Crippen MR) is 83.1 cm³/mol. The second-order valence-electron chi connectivity index (χ2n) is 5.08. The summed E-state index contributed by atoms with van der Waals surface area (Å²) in [5, 5.41) is 3.11. The molecular weight excluding hydrogens is 251 g/mol. The van der Waals surface area contributed by atoms with Gasteiger partial charge >= 0.3 is 0 Å². The maximum atomic E-state index is 14.2. The summed E-state index contributed by atoms with van der Waals surface area (Å²) in [6.07, 6.45) is 0. The van der Waals surface area contributed by atoms with Gasteiger partial charge in [-0.2, -0.15) is 0 Å². The first kappa shape index (κ1) is 14.5. The van der Waals surface area contributed by atoms with E-state index in [0.717, 1.165) is 11.4 Å². The smallest absolute Gasteiger partial charge is 0.130 e. The van der Waals surface area contributed by atoms with Gasteiger partial charge in [0.05, 0.1) is 0 Å². The van der Waals surface area contributed by atoms with Crippen LogP contribution in [0, 0.1) is 12.7 Å². The van der Waals surface area contributed by atoms with Crippen molar-refractivity contribution in [3.8, 4) is 0 Å². The van der Waals surface area contributed by atoms with E-state index in [4.69, 9.17) is 0 Å². The fraction of sp³-hybridized carbons (Fsp3) is 0.294. The first-order chi connectivity index (χ1) is 9.54. The molecule has 0 aliphatic carbocycles. The molecule has 1 N–H and O–H groups in total. The zero-order chi connectivity index (χ0) is 14.7. The van der Waals surface area contributed by atoms with Crippen LogP contribution in [0.4, 0.5) is 15.8 Å². The Kier molecular flexibility index (Phi) is 4.40. The molecule has 3 heteroatoms. The highest BCUT2D eigenvalue weighted by Gasteiger charge is 2.17. The van der Waals surface area contributed by atoms with Crippen LogP contribution in [0.25, 0.3) is 0 Å². The molecule has 0 amide bonds. The minimum absolute atomic E-state index is 0.0431. The highest BCUT2D eigenvalue weighted by atomic mass is 19.1. The maximum absolute atomic E-state index is 14.2. The van der Waals surface area contributed by atoms with E-state index in [2.05, 4.69) is 24.4 Å². The van der Waals surface area contributed by atoms with Crippen LogP contribution in [0.3, 0.4) is 0 Å². The third-order valence-electron chi connectivity index (χ3n) is 3.65. The summed E-state index contributed by atoms with van der Waals surface area (Å²) in [4.78, 5) is 2.03. The van der Waals surface area contributed by atoms with Gasteiger partial charge in [-0.05, 0) is 50.7 Å². The van der Waals surface area contributed by atoms with Gasteiger partial charge in [-0.15, -0.1) is 0 Å². The number of aryl methyl sites for hydroxylation is 1. The number of hydrogen-bond acceptors (Lipinski definition) is 2. The highest BCUT2D eigenvalue weighted by Crippen LogP contribution is 2.32. The van der Waals surface area contributed by atoms with Gasteiger partial charge in [-0.25, -0.2) is 4.39 Å². The Morgan fingerprint density at radius 1 is 1.15 bits per heavy atom. The minimum atomic E-state index is -0.177. The van der Waals surface area contributed by atoms with Crippen LogP contribution < -0.4 is 10.2 Å².